The van der Waals surface area contributed by atoms with Gasteiger partial charge in [0.2, 0.25) is 0 Å². The van der Waals surface area contributed by atoms with Gasteiger partial charge >= 0.3 is 0 Å². The minimum Gasteiger partial charge on any atom is -0.394 e. The first-order valence-corrected chi connectivity index (χ1v) is 8.15. The maximum atomic E-state index is 13.6. The lowest BCUT2D eigenvalue weighted by atomic mass is 10.2. The van der Waals surface area contributed by atoms with E-state index in [1.54, 1.807) is 22.7 Å². The minimum absolute atomic E-state index is 0.268. The lowest BCUT2D eigenvalue weighted by Crippen LogP contribution is -2.12. The van der Waals surface area contributed by atoms with Crippen molar-refractivity contribution in [3.63, 3.8) is 0 Å². The van der Waals surface area contributed by atoms with Crippen molar-refractivity contribution in [3.05, 3.63) is 66.4 Å². The van der Waals surface area contributed by atoms with E-state index >= 15 is 0 Å². The fraction of sp³-hybridized carbons (Fsp3) is 0.111. The summed E-state index contributed by atoms with van der Waals surface area (Å²) in [6.07, 6.45) is 5.49. The zero-order valence-electron chi connectivity index (χ0n) is 14.3. The van der Waals surface area contributed by atoms with Gasteiger partial charge in [-0.2, -0.15) is 0 Å². The lowest BCUT2D eigenvalue weighted by Gasteiger charge is -2.16. The average Bonchev–Trinajstić information content (AvgIpc) is 3.07. The van der Waals surface area contributed by atoms with Gasteiger partial charge in [-0.05, 0) is 31.2 Å². The Labute approximate surface area is 152 Å². The van der Waals surface area contributed by atoms with E-state index in [0.29, 0.717) is 34.4 Å². The van der Waals surface area contributed by atoms with Gasteiger partial charge in [0.1, 0.15) is 23.0 Å². The van der Waals surface area contributed by atoms with Crippen LogP contribution in [0.3, 0.4) is 0 Å². The number of hydrogen-bond donors (Lipinski definition) is 2. The minimum atomic E-state index is -0.408. The molecule has 0 aliphatic heterocycles. The third kappa shape index (κ3) is 3.26. The van der Waals surface area contributed by atoms with Gasteiger partial charge in [0.25, 0.3) is 0 Å². The molecule has 1 atom stereocenters. The molecule has 0 radical (unpaired) electrons. The van der Waals surface area contributed by atoms with Crippen molar-refractivity contribution in [2.45, 2.75) is 13.0 Å². The molecule has 0 aliphatic carbocycles. The van der Waals surface area contributed by atoms with Gasteiger partial charge in [-0.25, -0.2) is 23.7 Å². The molecule has 0 fully saturated rings. The van der Waals surface area contributed by atoms with Crippen molar-refractivity contribution in [1.29, 1.82) is 0 Å². The van der Waals surface area contributed by atoms with Crippen LogP contribution in [-0.4, -0.2) is 24.3 Å². The molecule has 4 aromatic heterocycles. The molecule has 9 heteroatoms. The van der Waals surface area contributed by atoms with Crippen LogP contribution in [0.4, 0.5) is 20.3 Å². The number of fused-ring (bicyclic) bond motifs is 1. The van der Waals surface area contributed by atoms with Gasteiger partial charge in [-0.15, -0.1) is 0 Å². The Morgan fingerprint density at radius 2 is 1.81 bits per heavy atom. The predicted octanol–water partition coefficient (Wildman–Crippen LogP) is 3.22. The summed E-state index contributed by atoms with van der Waals surface area (Å²) in [7, 11) is 0. The molecule has 0 saturated carbocycles. The zero-order valence-corrected chi connectivity index (χ0v) is 14.3. The monoisotopic (exact) mass is 367 g/mol. The third-order valence-electron chi connectivity index (χ3n) is 4.06. The van der Waals surface area contributed by atoms with E-state index in [1.807, 2.05) is 6.92 Å². The van der Waals surface area contributed by atoms with E-state index in [2.05, 4.69) is 25.3 Å². The quantitative estimate of drug-likeness (QED) is 0.575. The summed E-state index contributed by atoms with van der Waals surface area (Å²) >= 11 is 0. The Hall–Kier alpha value is -3.62. The van der Waals surface area contributed by atoms with Gasteiger partial charge in [0.15, 0.2) is 11.6 Å². The number of nitrogens with two attached hydrogens (primary N) is 1. The van der Waals surface area contributed by atoms with Gasteiger partial charge in [0, 0.05) is 6.20 Å². The highest BCUT2D eigenvalue weighted by Crippen LogP contribution is 2.25. The summed E-state index contributed by atoms with van der Waals surface area (Å²) in [6.45, 7) is 1.85. The highest BCUT2D eigenvalue weighted by atomic mass is 19.1. The van der Waals surface area contributed by atoms with Crippen molar-refractivity contribution in [2.75, 3.05) is 11.1 Å². The zero-order chi connectivity index (χ0) is 19.0. The maximum absolute atomic E-state index is 13.6. The van der Waals surface area contributed by atoms with Crippen LogP contribution < -0.4 is 11.1 Å². The Morgan fingerprint density at radius 3 is 2.59 bits per heavy atom. The first-order valence-electron chi connectivity index (χ1n) is 8.15. The number of rotatable bonds is 4. The molecule has 0 aliphatic rings. The number of aromatic nitrogens is 5. The molecular formula is C18H15F2N7. The van der Waals surface area contributed by atoms with Gasteiger partial charge in [-0.3, -0.25) is 9.38 Å². The second-order valence-corrected chi connectivity index (χ2v) is 5.98. The van der Waals surface area contributed by atoms with Gasteiger partial charge < -0.3 is 11.1 Å². The second kappa shape index (κ2) is 6.60. The molecule has 3 N–H and O–H groups in total. The summed E-state index contributed by atoms with van der Waals surface area (Å²) in [4.78, 5) is 16.9. The van der Waals surface area contributed by atoms with Crippen molar-refractivity contribution < 1.29 is 8.78 Å². The Bertz CT molecular complexity index is 1110. The SMILES string of the molecule is C[C@H](Nc1nc(-c2cnc3ccc(F)cn23)ncc1N)c1ccc(F)cn1. The van der Waals surface area contributed by atoms with E-state index in [-0.39, 0.29) is 6.04 Å². The summed E-state index contributed by atoms with van der Waals surface area (Å²) < 4.78 is 28.2. The van der Waals surface area contributed by atoms with Crippen LogP contribution >= 0.6 is 0 Å². The standard InChI is InChI=1S/C18H15F2N7/c1-10(14-4-2-11(19)6-22-14)25-17-13(21)7-24-18(26-17)15-8-23-16-5-3-12(20)9-27(15)16/h2-10H,21H2,1H3,(H,24,25,26)/t10-/m0/s1. The fourth-order valence-electron chi connectivity index (χ4n) is 2.67. The Balaban J connectivity index is 1.68. The summed E-state index contributed by atoms with van der Waals surface area (Å²) in [5.74, 6) is -0.0739. The molecular weight excluding hydrogens is 352 g/mol. The highest BCUT2D eigenvalue weighted by molar-refractivity contribution is 5.66. The van der Waals surface area contributed by atoms with E-state index in [0.717, 1.165) is 6.20 Å². The van der Waals surface area contributed by atoms with Crippen molar-refractivity contribution in [2.24, 2.45) is 0 Å². The van der Waals surface area contributed by atoms with Crippen LogP contribution in [0, 0.1) is 11.6 Å². The number of pyridine rings is 2. The van der Waals surface area contributed by atoms with Crippen LogP contribution in [-0.2, 0) is 0 Å². The van der Waals surface area contributed by atoms with E-state index in [4.69, 9.17) is 5.73 Å². The van der Waals surface area contributed by atoms with E-state index in [9.17, 15) is 8.78 Å². The molecule has 136 valence electrons. The average molecular weight is 367 g/mol. The van der Waals surface area contributed by atoms with Crippen LogP contribution in [0.25, 0.3) is 17.2 Å². The molecule has 4 rings (SSSR count). The number of halogens is 2. The van der Waals surface area contributed by atoms with Crippen LogP contribution in [0.5, 0.6) is 0 Å². The van der Waals surface area contributed by atoms with Crippen molar-refractivity contribution in [3.8, 4) is 11.5 Å². The van der Waals surface area contributed by atoms with Crippen LogP contribution in [0.15, 0.2) is 49.1 Å². The topological polar surface area (TPSA) is 94.0 Å². The second-order valence-electron chi connectivity index (χ2n) is 5.98. The lowest BCUT2D eigenvalue weighted by molar-refractivity contribution is 0.617. The first-order chi connectivity index (χ1) is 13.0. The predicted molar refractivity (Wildman–Crippen MR) is 96.8 cm³/mol. The largest absolute Gasteiger partial charge is 0.394 e. The molecule has 4 aromatic rings. The molecule has 7 nitrogen and oxygen atoms in total. The number of nitrogens with one attached hydrogen (secondary N) is 1. The first kappa shape index (κ1) is 16.8. The molecule has 0 spiro atoms. The van der Waals surface area contributed by atoms with Gasteiger partial charge in [0.05, 0.1) is 36.0 Å². The molecule has 0 unspecified atom stereocenters. The number of hydrogen-bond acceptors (Lipinski definition) is 6. The molecule has 4 heterocycles. The smallest absolute Gasteiger partial charge is 0.180 e. The highest BCUT2D eigenvalue weighted by Gasteiger charge is 2.14. The van der Waals surface area contributed by atoms with Crippen LogP contribution in [0.2, 0.25) is 0 Å². The third-order valence-corrected chi connectivity index (χ3v) is 4.06. The van der Waals surface area contributed by atoms with E-state index < -0.39 is 11.6 Å². The van der Waals surface area contributed by atoms with E-state index in [1.165, 1.54) is 24.5 Å². The van der Waals surface area contributed by atoms with Gasteiger partial charge in [-0.1, -0.05) is 0 Å². The normalized spacial score (nSPS) is 12.3. The molecule has 0 amide bonds. The molecule has 27 heavy (non-hydrogen) atoms. The molecule has 0 bridgehead atoms. The number of imidazole rings is 1. The summed E-state index contributed by atoms with van der Waals surface area (Å²) in [5.41, 5.74) is 8.05. The Kier molecular flexibility index (Phi) is 4.11. The maximum Gasteiger partial charge on any atom is 0.180 e. The van der Waals surface area contributed by atoms with Crippen molar-refractivity contribution in [1.82, 2.24) is 24.3 Å². The number of nitrogen functional groups attached to an aromatic ring is 1. The summed E-state index contributed by atoms with van der Waals surface area (Å²) in [6, 6.07) is 5.55. The fourth-order valence-corrected chi connectivity index (χ4v) is 2.67. The molecule has 0 aromatic carbocycles. The number of anilines is 2. The van der Waals surface area contributed by atoms with Crippen LogP contribution in [0.1, 0.15) is 18.7 Å². The molecule has 0 saturated heterocycles. The van der Waals surface area contributed by atoms with Crippen molar-refractivity contribution >= 4 is 17.2 Å². The summed E-state index contributed by atoms with van der Waals surface area (Å²) in [5, 5.41) is 3.14. The number of nitrogens with zero attached hydrogens (tertiary/aromatic N) is 5. The Morgan fingerprint density at radius 1 is 1.00 bits per heavy atom.